The molecule has 2 N–H and O–H groups in total. The Hall–Kier alpha value is -1.69. The second-order valence-electron chi connectivity index (χ2n) is 5.97. The Morgan fingerprint density at radius 3 is 2.59 bits per heavy atom. The molecule has 0 bridgehead atoms. The van der Waals surface area contributed by atoms with E-state index in [1.54, 1.807) is 23.9 Å². The first-order valence-electron chi connectivity index (χ1n) is 8.59. The maximum Gasteiger partial charge on any atom is 0.253 e. The highest BCUT2D eigenvalue weighted by molar-refractivity contribution is 7.98. The van der Waals surface area contributed by atoms with Crippen molar-refractivity contribution in [2.75, 3.05) is 17.3 Å². The molecule has 0 aliphatic heterocycles. The van der Waals surface area contributed by atoms with Gasteiger partial charge in [0.25, 0.3) is 5.91 Å². The summed E-state index contributed by atoms with van der Waals surface area (Å²) in [6, 6.07) is 11.7. The molecule has 0 aliphatic carbocycles. The minimum absolute atomic E-state index is 0.250. The molecule has 0 aliphatic rings. The first kappa shape index (κ1) is 21.6. The molecule has 2 aromatic rings. The lowest BCUT2D eigenvalue weighted by molar-refractivity contribution is -0.118. The highest BCUT2D eigenvalue weighted by atomic mass is 35.5. The topological polar surface area (TPSA) is 58.2 Å². The Morgan fingerprint density at radius 2 is 1.93 bits per heavy atom. The largest absolute Gasteiger partial charge is 0.340 e. The molecule has 4 nitrogen and oxygen atoms in total. The van der Waals surface area contributed by atoms with Crippen LogP contribution in [0.3, 0.4) is 0 Å². The second kappa shape index (κ2) is 10.6. The molecule has 0 radical (unpaired) electrons. The number of anilines is 1. The van der Waals surface area contributed by atoms with Crippen molar-refractivity contribution in [1.82, 2.24) is 5.32 Å². The Balaban J connectivity index is 2.13. The monoisotopic (exact) mass is 424 g/mol. The van der Waals surface area contributed by atoms with Crippen molar-refractivity contribution in [2.24, 2.45) is 0 Å². The number of halogens is 2. The van der Waals surface area contributed by atoms with Crippen LogP contribution >= 0.6 is 35.0 Å². The minimum atomic E-state index is -0.665. The number of aryl methyl sites for hydroxylation is 1. The van der Waals surface area contributed by atoms with Gasteiger partial charge in [-0.05, 0) is 60.7 Å². The summed E-state index contributed by atoms with van der Waals surface area (Å²) in [6.45, 7) is 2.05. The van der Waals surface area contributed by atoms with Gasteiger partial charge in [-0.2, -0.15) is 11.8 Å². The maximum absolute atomic E-state index is 12.7. The van der Waals surface area contributed by atoms with Crippen LogP contribution in [0.5, 0.6) is 0 Å². The van der Waals surface area contributed by atoms with Crippen LogP contribution in [0.25, 0.3) is 0 Å². The van der Waals surface area contributed by atoms with Crippen LogP contribution < -0.4 is 10.6 Å². The molecule has 0 aromatic heterocycles. The fourth-order valence-corrected chi connectivity index (χ4v) is 3.48. The number of benzene rings is 2. The molecule has 2 amide bonds. The van der Waals surface area contributed by atoms with Crippen molar-refractivity contribution in [2.45, 2.75) is 25.8 Å². The molecule has 144 valence electrons. The smallest absolute Gasteiger partial charge is 0.253 e. The molecule has 1 atom stereocenters. The zero-order chi connectivity index (χ0) is 19.8. The number of rotatable bonds is 8. The molecule has 0 fully saturated rings. The van der Waals surface area contributed by atoms with Gasteiger partial charge in [-0.3, -0.25) is 9.59 Å². The number of amides is 2. The van der Waals surface area contributed by atoms with Gasteiger partial charge in [0.05, 0.1) is 10.6 Å². The number of nitrogens with one attached hydrogen (secondary N) is 2. The highest BCUT2D eigenvalue weighted by Gasteiger charge is 2.22. The van der Waals surface area contributed by atoms with Crippen LogP contribution in [0.2, 0.25) is 10.0 Å². The van der Waals surface area contributed by atoms with Gasteiger partial charge in [0.1, 0.15) is 6.04 Å². The van der Waals surface area contributed by atoms with E-state index < -0.39 is 11.9 Å². The van der Waals surface area contributed by atoms with Gasteiger partial charge in [-0.1, -0.05) is 42.3 Å². The van der Waals surface area contributed by atoms with E-state index in [0.29, 0.717) is 17.1 Å². The molecule has 1 unspecified atom stereocenters. The lowest BCUT2D eigenvalue weighted by Gasteiger charge is -2.19. The summed E-state index contributed by atoms with van der Waals surface area (Å²) in [5.74, 6) is 0.0813. The Kier molecular flexibility index (Phi) is 8.48. The quantitative estimate of drug-likeness (QED) is 0.623. The van der Waals surface area contributed by atoms with Crippen LogP contribution in [-0.2, 0) is 11.2 Å². The third-order valence-electron chi connectivity index (χ3n) is 4.01. The minimum Gasteiger partial charge on any atom is -0.340 e. The van der Waals surface area contributed by atoms with Gasteiger partial charge < -0.3 is 10.6 Å². The van der Waals surface area contributed by atoms with Crippen molar-refractivity contribution in [3.05, 3.63) is 63.6 Å². The highest BCUT2D eigenvalue weighted by Crippen LogP contribution is 2.21. The van der Waals surface area contributed by atoms with Crippen molar-refractivity contribution in [3.8, 4) is 0 Å². The van der Waals surface area contributed by atoms with Crippen LogP contribution in [0, 0.1) is 0 Å². The molecule has 2 aromatic carbocycles. The number of hydrogen-bond acceptors (Lipinski definition) is 3. The van der Waals surface area contributed by atoms with E-state index in [2.05, 4.69) is 17.6 Å². The summed E-state index contributed by atoms with van der Waals surface area (Å²) in [5.41, 5.74) is 2.13. The number of carbonyl (C=O) groups is 2. The summed E-state index contributed by atoms with van der Waals surface area (Å²) in [4.78, 5) is 25.3. The second-order valence-corrected chi connectivity index (χ2v) is 7.80. The van der Waals surface area contributed by atoms with E-state index in [1.165, 1.54) is 6.07 Å². The SMILES string of the molecule is CCc1cccc(NC(=O)C(CCSC)NC(=O)c2ccc(Cl)cc2Cl)c1. The molecular formula is C20H22Cl2N2O2S. The predicted molar refractivity (Wildman–Crippen MR) is 115 cm³/mol. The summed E-state index contributed by atoms with van der Waals surface area (Å²) >= 11 is 13.6. The van der Waals surface area contributed by atoms with Gasteiger partial charge in [-0.25, -0.2) is 0 Å². The number of hydrogen-bond donors (Lipinski definition) is 2. The zero-order valence-corrected chi connectivity index (χ0v) is 17.5. The summed E-state index contributed by atoms with van der Waals surface area (Å²) in [7, 11) is 0. The number of carbonyl (C=O) groups excluding carboxylic acids is 2. The van der Waals surface area contributed by atoms with Gasteiger partial charge in [-0.15, -0.1) is 0 Å². The summed E-state index contributed by atoms with van der Waals surface area (Å²) in [6.07, 6.45) is 3.35. The van der Waals surface area contributed by atoms with Crippen molar-refractivity contribution >= 4 is 52.5 Å². The fourth-order valence-electron chi connectivity index (χ4n) is 2.51. The average molecular weight is 425 g/mol. The van der Waals surface area contributed by atoms with E-state index in [1.807, 2.05) is 30.5 Å². The van der Waals surface area contributed by atoms with Crippen molar-refractivity contribution < 1.29 is 9.59 Å². The van der Waals surface area contributed by atoms with Gasteiger partial charge >= 0.3 is 0 Å². The average Bonchev–Trinajstić information content (AvgIpc) is 2.64. The maximum atomic E-state index is 12.7. The van der Waals surface area contributed by atoms with E-state index in [0.717, 1.165) is 17.7 Å². The molecule has 0 spiro atoms. The molecule has 0 saturated carbocycles. The molecule has 7 heteroatoms. The molecule has 27 heavy (non-hydrogen) atoms. The van der Waals surface area contributed by atoms with Crippen LogP contribution in [0.4, 0.5) is 5.69 Å². The van der Waals surface area contributed by atoms with Crippen molar-refractivity contribution in [1.29, 1.82) is 0 Å². The Morgan fingerprint density at radius 1 is 1.15 bits per heavy atom. The standard InChI is InChI=1S/C20H22Cl2N2O2S/c1-3-13-5-4-6-15(11-13)23-20(26)18(9-10-27-2)24-19(25)16-8-7-14(21)12-17(16)22/h4-8,11-12,18H,3,9-10H2,1-2H3,(H,23,26)(H,24,25). The third kappa shape index (κ3) is 6.45. The van der Waals surface area contributed by atoms with E-state index in [4.69, 9.17) is 23.2 Å². The third-order valence-corrected chi connectivity index (χ3v) is 5.20. The van der Waals surface area contributed by atoms with Gasteiger partial charge in [0, 0.05) is 10.7 Å². The van der Waals surface area contributed by atoms with E-state index in [-0.39, 0.29) is 16.5 Å². The Labute approximate surface area is 174 Å². The predicted octanol–water partition coefficient (Wildman–Crippen LogP) is 5.05. The molecule has 2 rings (SSSR count). The first-order chi connectivity index (χ1) is 12.9. The molecular weight excluding hydrogens is 403 g/mol. The zero-order valence-electron chi connectivity index (χ0n) is 15.2. The van der Waals surface area contributed by atoms with Crippen LogP contribution in [-0.4, -0.2) is 29.9 Å². The molecule has 0 saturated heterocycles. The normalized spacial score (nSPS) is 11.7. The summed E-state index contributed by atoms with van der Waals surface area (Å²) in [5, 5.41) is 6.37. The summed E-state index contributed by atoms with van der Waals surface area (Å²) < 4.78 is 0. The van der Waals surface area contributed by atoms with Crippen molar-refractivity contribution in [3.63, 3.8) is 0 Å². The first-order valence-corrected chi connectivity index (χ1v) is 10.7. The molecule has 0 heterocycles. The van der Waals surface area contributed by atoms with E-state index in [9.17, 15) is 9.59 Å². The number of thioether (sulfide) groups is 1. The Bertz CT molecular complexity index is 814. The lowest BCUT2D eigenvalue weighted by Crippen LogP contribution is -2.44. The van der Waals surface area contributed by atoms with Gasteiger partial charge in [0.15, 0.2) is 0 Å². The fraction of sp³-hybridized carbons (Fsp3) is 0.300. The van der Waals surface area contributed by atoms with Gasteiger partial charge in [0.2, 0.25) is 5.91 Å². The van der Waals surface area contributed by atoms with Crippen LogP contribution in [0.1, 0.15) is 29.3 Å². The van der Waals surface area contributed by atoms with E-state index >= 15 is 0 Å². The van der Waals surface area contributed by atoms with Crippen LogP contribution in [0.15, 0.2) is 42.5 Å². The lowest BCUT2D eigenvalue weighted by atomic mass is 10.1.